The van der Waals surface area contributed by atoms with Crippen LogP contribution in [0.2, 0.25) is 0 Å². The normalized spacial score (nSPS) is 21.0. The molecule has 0 radical (unpaired) electrons. The zero-order chi connectivity index (χ0) is 10.8. The van der Waals surface area contributed by atoms with Gasteiger partial charge in [0.2, 0.25) is 0 Å². The summed E-state index contributed by atoms with van der Waals surface area (Å²) in [7, 11) is 0. The zero-order valence-corrected chi connectivity index (χ0v) is 10.0. The van der Waals surface area contributed by atoms with E-state index >= 15 is 0 Å². The van der Waals surface area contributed by atoms with Crippen LogP contribution in [0.4, 0.5) is 10.1 Å². The highest BCUT2D eigenvalue weighted by atomic mass is 79.9. The minimum Gasteiger partial charge on any atom is -0.369 e. The second kappa shape index (κ2) is 4.49. The summed E-state index contributed by atoms with van der Waals surface area (Å²) in [6.45, 7) is 2.45. The Hall–Kier alpha value is -0.610. The molecule has 4 heteroatoms. The van der Waals surface area contributed by atoms with Crippen molar-refractivity contribution >= 4 is 21.6 Å². The van der Waals surface area contributed by atoms with Crippen molar-refractivity contribution in [2.75, 3.05) is 24.5 Å². The summed E-state index contributed by atoms with van der Waals surface area (Å²) in [6.07, 6.45) is 1.06. The van der Waals surface area contributed by atoms with E-state index < -0.39 is 0 Å². The number of rotatable bonds is 2. The number of nitrogens with two attached hydrogens (primary N) is 1. The van der Waals surface area contributed by atoms with Crippen LogP contribution in [0.25, 0.3) is 0 Å². The van der Waals surface area contributed by atoms with Gasteiger partial charge in [-0.15, -0.1) is 0 Å². The molecule has 2 rings (SSSR count). The van der Waals surface area contributed by atoms with Gasteiger partial charge in [0.05, 0.1) is 10.2 Å². The lowest BCUT2D eigenvalue weighted by molar-refractivity contribution is 0.596. The molecule has 1 aromatic rings. The molecule has 2 nitrogen and oxygen atoms in total. The summed E-state index contributed by atoms with van der Waals surface area (Å²) in [4.78, 5) is 2.07. The molecule has 1 aliphatic rings. The summed E-state index contributed by atoms with van der Waals surface area (Å²) >= 11 is 3.20. The van der Waals surface area contributed by atoms with Gasteiger partial charge in [0, 0.05) is 13.1 Å². The van der Waals surface area contributed by atoms with Crippen molar-refractivity contribution in [2.24, 2.45) is 11.7 Å². The van der Waals surface area contributed by atoms with Crippen LogP contribution >= 0.6 is 15.9 Å². The second-order valence-corrected chi connectivity index (χ2v) is 4.76. The Morgan fingerprint density at radius 2 is 2.33 bits per heavy atom. The second-order valence-electron chi connectivity index (χ2n) is 3.91. The summed E-state index contributed by atoms with van der Waals surface area (Å²) in [5.41, 5.74) is 6.29. The highest BCUT2D eigenvalue weighted by Gasteiger charge is 2.23. The highest BCUT2D eigenvalue weighted by molar-refractivity contribution is 9.10. The van der Waals surface area contributed by atoms with E-state index in [2.05, 4.69) is 20.8 Å². The Bertz CT molecular complexity index is 356. The summed E-state index contributed by atoms with van der Waals surface area (Å²) in [5, 5.41) is 0. The van der Waals surface area contributed by atoms with Gasteiger partial charge in [-0.05, 0) is 46.9 Å². The van der Waals surface area contributed by atoms with E-state index in [-0.39, 0.29) is 5.82 Å². The van der Waals surface area contributed by atoms with Crippen molar-refractivity contribution in [3.8, 4) is 0 Å². The van der Waals surface area contributed by atoms with Crippen LogP contribution in [-0.2, 0) is 0 Å². The lowest BCUT2D eigenvalue weighted by Crippen LogP contribution is -2.23. The SMILES string of the molecule is NCC1CCN(c2cccc(Br)c2F)C1. The van der Waals surface area contributed by atoms with Gasteiger partial charge in [-0.1, -0.05) is 6.07 Å². The van der Waals surface area contributed by atoms with Crippen molar-refractivity contribution in [3.05, 3.63) is 28.5 Å². The maximum absolute atomic E-state index is 13.8. The molecule has 15 heavy (non-hydrogen) atoms. The number of benzene rings is 1. The zero-order valence-electron chi connectivity index (χ0n) is 8.42. The molecule has 0 aliphatic carbocycles. The first kappa shape index (κ1) is 10.9. The van der Waals surface area contributed by atoms with Gasteiger partial charge >= 0.3 is 0 Å². The molecule has 1 heterocycles. The maximum atomic E-state index is 13.8. The van der Waals surface area contributed by atoms with Crippen molar-refractivity contribution in [2.45, 2.75) is 6.42 Å². The molecule has 82 valence electrons. The van der Waals surface area contributed by atoms with Crippen molar-refractivity contribution in [1.29, 1.82) is 0 Å². The van der Waals surface area contributed by atoms with Gasteiger partial charge in [-0.25, -0.2) is 4.39 Å². The molecule has 1 unspecified atom stereocenters. The Balaban J connectivity index is 2.20. The lowest BCUT2D eigenvalue weighted by atomic mass is 10.1. The summed E-state index contributed by atoms with van der Waals surface area (Å²) in [5.74, 6) is 0.332. The standard InChI is InChI=1S/C11H14BrFN2/c12-9-2-1-3-10(11(9)13)15-5-4-8(6-14)7-15/h1-3,8H,4-7,14H2. The van der Waals surface area contributed by atoms with E-state index in [9.17, 15) is 4.39 Å². The van der Waals surface area contributed by atoms with Crippen molar-refractivity contribution < 1.29 is 4.39 Å². The molecule has 0 amide bonds. The first-order chi connectivity index (χ1) is 7.22. The molecule has 0 bridgehead atoms. The van der Waals surface area contributed by atoms with Gasteiger partial charge in [-0.3, -0.25) is 0 Å². The van der Waals surface area contributed by atoms with Crippen molar-refractivity contribution in [3.63, 3.8) is 0 Å². The quantitative estimate of drug-likeness (QED) is 0.896. The van der Waals surface area contributed by atoms with E-state index in [0.29, 0.717) is 22.6 Å². The third-order valence-corrected chi connectivity index (χ3v) is 3.50. The Morgan fingerprint density at radius 3 is 3.00 bits per heavy atom. The first-order valence-corrected chi connectivity index (χ1v) is 5.90. The molecule has 1 aromatic carbocycles. The predicted molar refractivity (Wildman–Crippen MR) is 63.5 cm³/mol. The van der Waals surface area contributed by atoms with Crippen molar-refractivity contribution in [1.82, 2.24) is 0 Å². The highest BCUT2D eigenvalue weighted by Crippen LogP contribution is 2.29. The lowest BCUT2D eigenvalue weighted by Gasteiger charge is -2.19. The minimum atomic E-state index is -0.171. The largest absolute Gasteiger partial charge is 0.369 e. The fourth-order valence-electron chi connectivity index (χ4n) is 1.98. The Morgan fingerprint density at radius 1 is 1.53 bits per heavy atom. The fraction of sp³-hybridized carbons (Fsp3) is 0.455. The van der Waals surface area contributed by atoms with E-state index in [1.165, 1.54) is 0 Å². The van der Waals surface area contributed by atoms with Gasteiger partial charge < -0.3 is 10.6 Å². The summed E-state index contributed by atoms with van der Waals surface area (Å²) in [6, 6.07) is 5.40. The van der Waals surface area contributed by atoms with Crippen LogP contribution in [0.1, 0.15) is 6.42 Å². The van der Waals surface area contributed by atoms with Gasteiger partial charge in [0.1, 0.15) is 0 Å². The molecule has 0 saturated carbocycles. The average molecular weight is 273 g/mol. The van der Waals surface area contributed by atoms with Crippen LogP contribution in [0.5, 0.6) is 0 Å². The van der Waals surface area contributed by atoms with Gasteiger partial charge in [-0.2, -0.15) is 0 Å². The molecule has 1 aliphatic heterocycles. The molecule has 1 atom stereocenters. The minimum absolute atomic E-state index is 0.171. The van der Waals surface area contributed by atoms with E-state index in [0.717, 1.165) is 19.5 Å². The number of hydrogen-bond donors (Lipinski definition) is 1. The van der Waals surface area contributed by atoms with E-state index in [1.807, 2.05) is 12.1 Å². The third-order valence-electron chi connectivity index (χ3n) is 2.89. The Labute approximate surface area is 97.4 Å². The first-order valence-electron chi connectivity index (χ1n) is 5.11. The molecular formula is C11H14BrFN2. The molecule has 1 fully saturated rings. The molecule has 0 aromatic heterocycles. The van der Waals surface area contributed by atoms with Gasteiger partial charge in [0.25, 0.3) is 0 Å². The topological polar surface area (TPSA) is 29.3 Å². The number of hydrogen-bond acceptors (Lipinski definition) is 2. The van der Waals surface area contributed by atoms with Gasteiger partial charge in [0.15, 0.2) is 5.82 Å². The van der Waals surface area contributed by atoms with Crippen LogP contribution < -0.4 is 10.6 Å². The predicted octanol–water partition coefficient (Wildman–Crippen LogP) is 2.37. The van der Waals surface area contributed by atoms with Crippen LogP contribution in [0.3, 0.4) is 0 Å². The van der Waals surface area contributed by atoms with E-state index in [4.69, 9.17) is 5.73 Å². The molecule has 1 saturated heterocycles. The summed E-state index contributed by atoms with van der Waals surface area (Å²) < 4.78 is 14.3. The molecule has 0 spiro atoms. The van der Waals surface area contributed by atoms with Crippen LogP contribution in [0.15, 0.2) is 22.7 Å². The molecule has 2 N–H and O–H groups in total. The monoisotopic (exact) mass is 272 g/mol. The number of nitrogens with zero attached hydrogens (tertiary/aromatic N) is 1. The average Bonchev–Trinajstić information content (AvgIpc) is 2.70. The third kappa shape index (κ3) is 2.16. The van der Waals surface area contributed by atoms with Crippen LogP contribution in [0, 0.1) is 11.7 Å². The smallest absolute Gasteiger partial charge is 0.160 e. The fourth-order valence-corrected chi connectivity index (χ4v) is 2.34. The Kier molecular flexibility index (Phi) is 3.26. The molecular weight excluding hydrogens is 259 g/mol. The number of anilines is 1. The van der Waals surface area contributed by atoms with E-state index in [1.54, 1.807) is 6.07 Å². The number of halogens is 2. The van der Waals surface area contributed by atoms with Crippen LogP contribution in [-0.4, -0.2) is 19.6 Å². The maximum Gasteiger partial charge on any atom is 0.160 e.